The molecule has 0 amide bonds. The van der Waals surface area contributed by atoms with Crippen molar-refractivity contribution in [3.05, 3.63) is 41.0 Å². The van der Waals surface area contributed by atoms with Crippen LogP contribution < -0.4 is 0 Å². The quantitative estimate of drug-likeness (QED) is 0.766. The van der Waals surface area contributed by atoms with Crippen molar-refractivity contribution in [3.63, 3.8) is 0 Å². The summed E-state index contributed by atoms with van der Waals surface area (Å²) < 4.78 is 27.9. The number of hydrogen-bond acceptors (Lipinski definition) is 1. The van der Waals surface area contributed by atoms with Crippen LogP contribution in [-0.4, -0.2) is 5.11 Å². The first-order valence-corrected chi connectivity index (χ1v) is 7.09. The Balaban J connectivity index is 0.000000956. The van der Waals surface area contributed by atoms with E-state index in [0.717, 1.165) is 0 Å². The lowest BCUT2D eigenvalue weighted by atomic mass is 9.90. The molecule has 0 saturated carbocycles. The SMILES string of the molecule is CC.CCc1c(F)ccc2cc(O)c(F)c(C(C)C)c12. The van der Waals surface area contributed by atoms with Gasteiger partial charge in [0.1, 0.15) is 5.82 Å². The fourth-order valence-corrected chi connectivity index (χ4v) is 2.43. The van der Waals surface area contributed by atoms with Crippen LogP contribution in [0.25, 0.3) is 10.8 Å². The van der Waals surface area contributed by atoms with E-state index in [0.29, 0.717) is 28.3 Å². The second kappa shape index (κ2) is 6.69. The molecule has 1 nitrogen and oxygen atoms in total. The highest BCUT2D eigenvalue weighted by molar-refractivity contribution is 5.91. The predicted octanol–water partition coefficient (Wildman–Crippen LogP) is 5.54. The number of benzene rings is 2. The first-order chi connectivity index (χ1) is 9.47. The number of phenolic OH excluding ortho intramolecular Hbond substituents is 1. The molecule has 0 aliphatic carbocycles. The summed E-state index contributed by atoms with van der Waals surface area (Å²) in [7, 11) is 0. The number of rotatable bonds is 2. The molecule has 0 unspecified atom stereocenters. The van der Waals surface area contributed by atoms with Crippen LogP contribution in [0.5, 0.6) is 5.75 Å². The molecule has 0 radical (unpaired) electrons. The molecular formula is C17H22F2O. The van der Waals surface area contributed by atoms with Gasteiger partial charge in [-0.05, 0) is 40.8 Å². The van der Waals surface area contributed by atoms with E-state index in [4.69, 9.17) is 0 Å². The van der Waals surface area contributed by atoms with Crippen LogP contribution in [0, 0.1) is 11.6 Å². The van der Waals surface area contributed by atoms with E-state index in [1.165, 1.54) is 12.1 Å². The van der Waals surface area contributed by atoms with Gasteiger partial charge in [0, 0.05) is 5.56 Å². The normalized spacial score (nSPS) is 10.6. The summed E-state index contributed by atoms with van der Waals surface area (Å²) in [5.41, 5.74) is 0.899. The van der Waals surface area contributed by atoms with Crippen LogP contribution in [0.2, 0.25) is 0 Å². The molecule has 2 aromatic rings. The highest BCUT2D eigenvalue weighted by Crippen LogP contribution is 2.36. The number of fused-ring (bicyclic) bond motifs is 1. The monoisotopic (exact) mass is 280 g/mol. The molecule has 1 N–H and O–H groups in total. The smallest absolute Gasteiger partial charge is 0.168 e. The van der Waals surface area contributed by atoms with Crippen LogP contribution in [0.1, 0.15) is 51.7 Å². The Hall–Kier alpha value is -1.64. The topological polar surface area (TPSA) is 20.2 Å². The summed E-state index contributed by atoms with van der Waals surface area (Å²) in [6, 6.07) is 4.30. The molecule has 0 fully saturated rings. The maximum absolute atomic E-state index is 14.1. The van der Waals surface area contributed by atoms with Crippen molar-refractivity contribution in [1.29, 1.82) is 0 Å². The Labute approximate surface area is 119 Å². The van der Waals surface area contributed by atoms with Crippen molar-refractivity contribution < 1.29 is 13.9 Å². The zero-order chi connectivity index (χ0) is 15.4. The fourth-order valence-electron chi connectivity index (χ4n) is 2.43. The van der Waals surface area contributed by atoms with Crippen molar-refractivity contribution in [3.8, 4) is 5.75 Å². The molecule has 0 saturated heterocycles. The minimum atomic E-state index is -0.641. The number of halogens is 2. The highest BCUT2D eigenvalue weighted by Gasteiger charge is 2.19. The van der Waals surface area contributed by atoms with E-state index in [-0.39, 0.29) is 17.5 Å². The first-order valence-electron chi connectivity index (χ1n) is 7.09. The average molecular weight is 280 g/mol. The van der Waals surface area contributed by atoms with Gasteiger partial charge in [0.25, 0.3) is 0 Å². The van der Waals surface area contributed by atoms with Crippen LogP contribution in [0.3, 0.4) is 0 Å². The fraction of sp³-hybridized carbons (Fsp3) is 0.412. The van der Waals surface area contributed by atoms with Crippen LogP contribution >= 0.6 is 0 Å². The molecular weight excluding hydrogens is 258 g/mol. The van der Waals surface area contributed by atoms with Gasteiger partial charge in [0.15, 0.2) is 11.6 Å². The molecule has 0 aliphatic heterocycles. The summed E-state index contributed by atoms with van der Waals surface area (Å²) in [5.74, 6) is -1.46. The van der Waals surface area contributed by atoms with Gasteiger partial charge in [-0.25, -0.2) is 8.78 Å². The highest BCUT2D eigenvalue weighted by atomic mass is 19.1. The molecule has 0 bridgehead atoms. The summed E-state index contributed by atoms with van der Waals surface area (Å²) in [4.78, 5) is 0. The van der Waals surface area contributed by atoms with Crippen LogP contribution in [-0.2, 0) is 6.42 Å². The molecule has 0 atom stereocenters. The summed E-state index contributed by atoms with van der Waals surface area (Å²) in [6.07, 6.45) is 0.493. The minimum absolute atomic E-state index is 0.119. The third-order valence-corrected chi connectivity index (χ3v) is 3.24. The Bertz CT molecular complexity index is 604. The second-order valence-electron chi connectivity index (χ2n) is 4.76. The molecule has 0 spiro atoms. The maximum Gasteiger partial charge on any atom is 0.168 e. The molecule has 0 aromatic heterocycles. The van der Waals surface area contributed by atoms with Crippen molar-refractivity contribution in [2.75, 3.05) is 0 Å². The summed E-state index contributed by atoms with van der Waals surface area (Å²) in [5, 5.41) is 10.9. The van der Waals surface area contributed by atoms with E-state index in [1.807, 2.05) is 34.6 Å². The molecule has 0 aliphatic rings. The largest absolute Gasteiger partial charge is 0.505 e. The zero-order valence-corrected chi connectivity index (χ0v) is 12.7. The molecule has 110 valence electrons. The zero-order valence-electron chi connectivity index (χ0n) is 12.7. The minimum Gasteiger partial charge on any atom is -0.505 e. The lowest BCUT2D eigenvalue weighted by Gasteiger charge is -2.16. The van der Waals surface area contributed by atoms with Crippen LogP contribution in [0.15, 0.2) is 18.2 Å². The third kappa shape index (κ3) is 2.77. The van der Waals surface area contributed by atoms with Crippen molar-refractivity contribution in [1.82, 2.24) is 0 Å². The van der Waals surface area contributed by atoms with E-state index >= 15 is 0 Å². The second-order valence-corrected chi connectivity index (χ2v) is 4.76. The Morgan fingerprint density at radius 2 is 1.75 bits per heavy atom. The van der Waals surface area contributed by atoms with Gasteiger partial charge in [0.2, 0.25) is 0 Å². The van der Waals surface area contributed by atoms with Crippen LogP contribution in [0.4, 0.5) is 8.78 Å². The number of hydrogen-bond donors (Lipinski definition) is 1. The van der Waals surface area contributed by atoms with Gasteiger partial charge in [0.05, 0.1) is 0 Å². The van der Waals surface area contributed by atoms with E-state index in [9.17, 15) is 13.9 Å². The number of phenols is 1. The van der Waals surface area contributed by atoms with Crippen molar-refractivity contribution in [2.24, 2.45) is 0 Å². The first kappa shape index (κ1) is 16.4. The number of aromatic hydroxyl groups is 1. The van der Waals surface area contributed by atoms with E-state index in [1.54, 1.807) is 6.07 Å². The Morgan fingerprint density at radius 3 is 2.25 bits per heavy atom. The van der Waals surface area contributed by atoms with Gasteiger partial charge < -0.3 is 5.11 Å². The van der Waals surface area contributed by atoms with Crippen molar-refractivity contribution in [2.45, 2.75) is 47.0 Å². The van der Waals surface area contributed by atoms with Gasteiger partial charge in [-0.15, -0.1) is 0 Å². The maximum atomic E-state index is 14.1. The van der Waals surface area contributed by atoms with E-state index in [2.05, 4.69) is 0 Å². The van der Waals surface area contributed by atoms with E-state index < -0.39 is 5.82 Å². The molecule has 0 heterocycles. The Morgan fingerprint density at radius 1 is 1.15 bits per heavy atom. The van der Waals surface area contributed by atoms with Crippen molar-refractivity contribution >= 4 is 10.8 Å². The molecule has 2 rings (SSSR count). The average Bonchev–Trinajstić information content (AvgIpc) is 2.42. The predicted molar refractivity (Wildman–Crippen MR) is 80.3 cm³/mol. The third-order valence-electron chi connectivity index (χ3n) is 3.24. The Kier molecular flexibility index (Phi) is 5.49. The van der Waals surface area contributed by atoms with Gasteiger partial charge in [-0.2, -0.15) is 0 Å². The lowest BCUT2D eigenvalue weighted by molar-refractivity contribution is 0.428. The summed E-state index contributed by atoms with van der Waals surface area (Å²) >= 11 is 0. The lowest BCUT2D eigenvalue weighted by Crippen LogP contribution is -2.00. The molecule has 3 heteroatoms. The molecule has 20 heavy (non-hydrogen) atoms. The number of aryl methyl sites for hydroxylation is 1. The summed E-state index contributed by atoms with van der Waals surface area (Å²) in [6.45, 7) is 9.51. The van der Waals surface area contributed by atoms with Gasteiger partial charge in [-0.1, -0.05) is 40.7 Å². The standard InChI is InChI=1S/C15H16F2O.C2H6/c1-4-10-11(16)6-5-9-7-12(18)15(17)13(8(2)3)14(9)10;1-2/h5-8,18H,4H2,1-3H3;1-2H3. The van der Waals surface area contributed by atoms with Gasteiger partial charge >= 0.3 is 0 Å². The van der Waals surface area contributed by atoms with Gasteiger partial charge in [-0.3, -0.25) is 0 Å². The molecule has 2 aromatic carbocycles.